The van der Waals surface area contributed by atoms with Gasteiger partial charge in [-0.25, -0.2) is 14.5 Å². The SMILES string of the molecule is COC1C(O[Si](C)(C)C(C)(C)C)[C@@H](CO[Si](C)(C)C(C)(C)C)O[C@H]1n1ccc(-n2cncn2)nc1=O. The highest BCUT2D eigenvalue weighted by Crippen LogP contribution is 2.43. The summed E-state index contributed by atoms with van der Waals surface area (Å²) in [6.07, 6.45) is 2.53. The molecular formula is C24H43N5O5Si2. The minimum atomic E-state index is -2.20. The van der Waals surface area contributed by atoms with Crippen LogP contribution < -0.4 is 5.69 Å². The van der Waals surface area contributed by atoms with Gasteiger partial charge in [-0.3, -0.25) is 4.57 Å². The van der Waals surface area contributed by atoms with E-state index in [-0.39, 0.29) is 10.1 Å². The van der Waals surface area contributed by atoms with Gasteiger partial charge in [0.05, 0.1) is 6.61 Å². The van der Waals surface area contributed by atoms with E-state index in [1.807, 2.05) is 0 Å². The molecule has 1 fully saturated rings. The molecule has 0 amide bonds. The quantitative estimate of drug-likeness (QED) is 0.463. The normalized spacial score (nSPS) is 23.9. The maximum Gasteiger partial charge on any atom is 0.351 e. The zero-order chi connectivity index (χ0) is 27.1. The van der Waals surface area contributed by atoms with E-state index >= 15 is 0 Å². The third kappa shape index (κ3) is 5.89. The molecule has 2 unspecified atom stereocenters. The lowest BCUT2D eigenvalue weighted by Gasteiger charge is -2.41. The maximum absolute atomic E-state index is 13.1. The predicted octanol–water partition coefficient (Wildman–Crippen LogP) is 4.15. The molecule has 12 heteroatoms. The van der Waals surface area contributed by atoms with Crippen LogP contribution in [0.1, 0.15) is 47.8 Å². The molecule has 202 valence electrons. The standard InChI is InChI=1S/C24H43N5O5Si2/c1-23(2,3)35(8,9)32-14-17-19(34-36(10,11)24(4,5)6)20(31-7)21(33-17)28-13-12-18(27-22(28)30)29-16-25-15-26-29/h12-13,15-17,19-21H,14H2,1-11H3/t17-,19?,20?,21-/m1/s1. The molecule has 2 aromatic rings. The van der Waals surface area contributed by atoms with Crippen LogP contribution in [0.25, 0.3) is 5.82 Å². The number of hydrogen-bond donors (Lipinski definition) is 0. The molecule has 0 aliphatic carbocycles. The number of hydrogen-bond acceptors (Lipinski definition) is 8. The van der Waals surface area contributed by atoms with Crippen LogP contribution >= 0.6 is 0 Å². The molecule has 0 N–H and O–H groups in total. The fourth-order valence-corrected chi connectivity index (χ4v) is 5.87. The van der Waals surface area contributed by atoms with Crippen molar-refractivity contribution in [2.24, 2.45) is 0 Å². The summed E-state index contributed by atoms with van der Waals surface area (Å²) in [7, 11) is -2.61. The van der Waals surface area contributed by atoms with E-state index in [0.29, 0.717) is 12.4 Å². The smallest absolute Gasteiger partial charge is 0.351 e. The van der Waals surface area contributed by atoms with E-state index in [1.165, 1.54) is 21.9 Å². The summed E-state index contributed by atoms with van der Waals surface area (Å²) in [6.45, 7) is 22.4. The third-order valence-corrected chi connectivity index (χ3v) is 16.9. The van der Waals surface area contributed by atoms with Crippen LogP contribution in [-0.2, 0) is 18.3 Å². The number of aromatic nitrogens is 5. The lowest BCUT2D eigenvalue weighted by Crippen LogP contribution is -2.51. The van der Waals surface area contributed by atoms with E-state index in [0.717, 1.165) is 0 Å². The molecule has 0 bridgehead atoms. The second-order valence-electron chi connectivity index (χ2n) is 12.5. The highest BCUT2D eigenvalue weighted by atomic mass is 28.4. The molecule has 36 heavy (non-hydrogen) atoms. The second-order valence-corrected chi connectivity index (χ2v) is 22.1. The van der Waals surface area contributed by atoms with E-state index in [2.05, 4.69) is 82.8 Å². The van der Waals surface area contributed by atoms with Crippen LogP contribution in [0.15, 0.2) is 29.7 Å². The van der Waals surface area contributed by atoms with Crippen molar-refractivity contribution in [2.75, 3.05) is 13.7 Å². The molecule has 0 radical (unpaired) electrons. The molecule has 3 rings (SSSR count). The first-order valence-electron chi connectivity index (χ1n) is 12.4. The van der Waals surface area contributed by atoms with Crippen molar-refractivity contribution in [3.8, 4) is 5.82 Å². The van der Waals surface area contributed by atoms with Crippen molar-refractivity contribution in [2.45, 2.75) is 102 Å². The molecule has 1 aliphatic rings. The minimum absolute atomic E-state index is 0.00788. The Morgan fingerprint density at radius 1 is 1.03 bits per heavy atom. The predicted molar refractivity (Wildman–Crippen MR) is 143 cm³/mol. The minimum Gasteiger partial charge on any atom is -0.414 e. The van der Waals surface area contributed by atoms with Gasteiger partial charge >= 0.3 is 5.69 Å². The van der Waals surface area contributed by atoms with Crippen LogP contribution in [0.5, 0.6) is 0 Å². The van der Waals surface area contributed by atoms with E-state index in [4.69, 9.17) is 18.3 Å². The Balaban J connectivity index is 1.95. The summed E-state index contributed by atoms with van der Waals surface area (Å²) in [4.78, 5) is 21.2. The first kappa shape index (κ1) is 28.9. The molecular weight excluding hydrogens is 494 g/mol. The second kappa shape index (κ2) is 10.2. The highest BCUT2D eigenvalue weighted by molar-refractivity contribution is 6.74. The van der Waals surface area contributed by atoms with Gasteiger partial charge in [0.25, 0.3) is 0 Å². The third-order valence-electron chi connectivity index (χ3n) is 7.95. The van der Waals surface area contributed by atoms with Gasteiger partial charge < -0.3 is 18.3 Å². The lowest BCUT2D eigenvalue weighted by molar-refractivity contribution is -0.0612. The average molecular weight is 538 g/mol. The van der Waals surface area contributed by atoms with Crippen molar-refractivity contribution < 1.29 is 18.3 Å². The number of rotatable bonds is 8. The van der Waals surface area contributed by atoms with Crippen molar-refractivity contribution in [1.82, 2.24) is 24.3 Å². The Labute approximate surface area is 216 Å². The number of nitrogens with zero attached hydrogens (tertiary/aromatic N) is 5. The molecule has 1 saturated heterocycles. The summed E-state index contributed by atoms with van der Waals surface area (Å²) < 4.78 is 28.8. The zero-order valence-corrected chi connectivity index (χ0v) is 25.6. The molecule has 10 nitrogen and oxygen atoms in total. The molecule has 2 aromatic heterocycles. The zero-order valence-electron chi connectivity index (χ0n) is 23.6. The van der Waals surface area contributed by atoms with Gasteiger partial charge in [-0.05, 0) is 42.3 Å². The fourth-order valence-electron chi connectivity index (χ4n) is 3.53. The van der Waals surface area contributed by atoms with Crippen LogP contribution in [0.3, 0.4) is 0 Å². The molecule has 3 heterocycles. The fraction of sp³-hybridized carbons (Fsp3) is 0.750. The van der Waals surface area contributed by atoms with Gasteiger partial charge in [-0.2, -0.15) is 10.1 Å². The lowest BCUT2D eigenvalue weighted by atomic mass is 10.1. The van der Waals surface area contributed by atoms with Crippen LogP contribution in [0.4, 0.5) is 0 Å². The first-order chi connectivity index (χ1) is 16.5. The Morgan fingerprint density at radius 3 is 2.17 bits per heavy atom. The monoisotopic (exact) mass is 537 g/mol. The maximum atomic E-state index is 13.1. The number of ether oxygens (including phenoxy) is 2. The van der Waals surface area contributed by atoms with Crippen molar-refractivity contribution in [3.63, 3.8) is 0 Å². The van der Waals surface area contributed by atoms with Gasteiger partial charge in [0.15, 0.2) is 28.7 Å². The summed E-state index contributed by atoms with van der Waals surface area (Å²) >= 11 is 0. The van der Waals surface area contributed by atoms with Crippen LogP contribution in [-0.4, -0.2) is 73.0 Å². The molecule has 1 aliphatic heterocycles. The summed E-state index contributed by atoms with van der Waals surface area (Å²) in [6, 6.07) is 1.70. The topological polar surface area (TPSA) is 103 Å². The Morgan fingerprint density at radius 2 is 1.67 bits per heavy atom. The van der Waals surface area contributed by atoms with Crippen molar-refractivity contribution in [1.29, 1.82) is 0 Å². The highest BCUT2D eigenvalue weighted by Gasteiger charge is 2.52. The largest absolute Gasteiger partial charge is 0.414 e. The van der Waals surface area contributed by atoms with Crippen LogP contribution in [0, 0.1) is 0 Å². The Hall–Kier alpha value is -1.71. The van der Waals surface area contributed by atoms with Gasteiger partial charge in [0, 0.05) is 13.3 Å². The number of methoxy groups -OCH3 is 1. The van der Waals surface area contributed by atoms with E-state index in [9.17, 15) is 4.79 Å². The van der Waals surface area contributed by atoms with Gasteiger partial charge in [-0.15, -0.1) is 0 Å². The molecule has 0 aromatic carbocycles. The van der Waals surface area contributed by atoms with Gasteiger partial charge in [0.1, 0.15) is 31.0 Å². The molecule has 0 saturated carbocycles. The van der Waals surface area contributed by atoms with Crippen LogP contribution in [0.2, 0.25) is 36.3 Å². The first-order valence-corrected chi connectivity index (χ1v) is 18.2. The summed E-state index contributed by atoms with van der Waals surface area (Å²) in [5, 5.41) is 4.10. The Kier molecular flexibility index (Phi) is 8.19. The average Bonchev–Trinajstić information content (AvgIpc) is 3.39. The van der Waals surface area contributed by atoms with E-state index in [1.54, 1.807) is 19.4 Å². The van der Waals surface area contributed by atoms with Gasteiger partial charge in [-0.1, -0.05) is 41.5 Å². The van der Waals surface area contributed by atoms with Crippen molar-refractivity contribution in [3.05, 3.63) is 35.4 Å². The van der Waals surface area contributed by atoms with E-state index < -0.39 is 46.9 Å². The van der Waals surface area contributed by atoms with Crippen molar-refractivity contribution >= 4 is 16.6 Å². The molecule has 4 atom stereocenters. The summed E-state index contributed by atoms with van der Waals surface area (Å²) in [5.41, 5.74) is -0.466. The summed E-state index contributed by atoms with van der Waals surface area (Å²) in [5.74, 6) is 0.382. The Bertz CT molecular complexity index is 1080. The molecule has 0 spiro atoms. The van der Waals surface area contributed by atoms with Gasteiger partial charge in [0.2, 0.25) is 0 Å².